The summed E-state index contributed by atoms with van der Waals surface area (Å²) in [4.78, 5) is 0.315. The quantitative estimate of drug-likeness (QED) is 0.546. The van der Waals surface area contributed by atoms with E-state index in [1.807, 2.05) is 37.3 Å². The van der Waals surface area contributed by atoms with Gasteiger partial charge in [-0.15, -0.1) is 0 Å². The van der Waals surface area contributed by atoms with Crippen molar-refractivity contribution in [1.82, 2.24) is 4.31 Å². The Balaban J connectivity index is 1.46. The summed E-state index contributed by atoms with van der Waals surface area (Å²) in [6, 6.07) is 20.9. The first kappa shape index (κ1) is 20.8. The average Bonchev–Trinajstić information content (AvgIpc) is 2.74. The fourth-order valence-electron chi connectivity index (χ4n) is 3.89. The van der Waals surface area contributed by atoms with E-state index in [1.165, 1.54) is 0 Å². The molecule has 0 amide bonds. The number of nitrogens with one attached hydrogen (secondary N) is 2. The number of thiocarbonyl (C=S) groups is 1. The van der Waals surface area contributed by atoms with Crippen molar-refractivity contribution in [2.75, 3.05) is 17.2 Å². The molecule has 5 nitrogen and oxygen atoms in total. The molecule has 0 unspecified atom stereocenters. The Morgan fingerprint density at radius 1 is 0.967 bits per heavy atom. The van der Waals surface area contributed by atoms with Crippen molar-refractivity contribution in [3.8, 4) is 0 Å². The highest BCUT2D eigenvalue weighted by atomic mass is 32.2. The van der Waals surface area contributed by atoms with Gasteiger partial charge in [0.25, 0.3) is 0 Å². The van der Waals surface area contributed by atoms with Gasteiger partial charge in [0, 0.05) is 29.3 Å². The predicted octanol–water partition coefficient (Wildman–Crippen LogP) is 5.21. The number of benzene rings is 3. The topological polar surface area (TPSA) is 61.4 Å². The third kappa shape index (κ3) is 4.33. The third-order valence-corrected chi connectivity index (χ3v) is 7.73. The van der Waals surface area contributed by atoms with Crippen molar-refractivity contribution < 1.29 is 8.42 Å². The highest BCUT2D eigenvalue weighted by Gasteiger charge is 2.30. The Labute approximate surface area is 183 Å². The summed E-state index contributed by atoms with van der Waals surface area (Å²) >= 11 is 5.46. The van der Waals surface area contributed by atoms with Crippen LogP contribution in [0.2, 0.25) is 0 Å². The molecule has 4 rings (SSSR count). The number of fused-ring (bicyclic) bond motifs is 1. The third-order valence-electron chi connectivity index (χ3n) is 5.50. The first-order valence-corrected chi connectivity index (χ1v) is 12.0. The van der Waals surface area contributed by atoms with Gasteiger partial charge in [-0.05, 0) is 67.7 Å². The Hall–Kier alpha value is -2.48. The van der Waals surface area contributed by atoms with E-state index in [0.717, 1.165) is 41.4 Å². The van der Waals surface area contributed by atoms with Gasteiger partial charge in [0.1, 0.15) is 0 Å². The molecule has 7 heteroatoms. The molecule has 1 aliphatic rings. The maximum Gasteiger partial charge on any atom is 0.243 e. The molecule has 0 bridgehead atoms. The van der Waals surface area contributed by atoms with Crippen LogP contribution in [0, 0.1) is 0 Å². The average molecular weight is 440 g/mol. The summed E-state index contributed by atoms with van der Waals surface area (Å²) in [5, 5.41) is 9.03. The van der Waals surface area contributed by atoms with Crippen LogP contribution in [0.1, 0.15) is 26.2 Å². The summed E-state index contributed by atoms with van der Waals surface area (Å²) in [7, 11) is -3.47. The minimum atomic E-state index is -3.47. The second-order valence-electron chi connectivity index (χ2n) is 7.59. The molecule has 2 N–H and O–H groups in total. The normalized spacial score (nSPS) is 17.6. The fraction of sp³-hybridized carbons (Fsp3) is 0.261. The number of sulfonamides is 1. The number of piperidine rings is 1. The van der Waals surface area contributed by atoms with E-state index in [2.05, 4.69) is 22.8 Å². The molecular weight excluding hydrogens is 414 g/mol. The van der Waals surface area contributed by atoms with E-state index in [9.17, 15) is 8.42 Å². The van der Waals surface area contributed by atoms with Crippen LogP contribution >= 0.6 is 12.2 Å². The molecule has 1 heterocycles. The highest BCUT2D eigenvalue weighted by Crippen LogP contribution is 2.26. The van der Waals surface area contributed by atoms with Crippen LogP contribution in [-0.2, 0) is 10.0 Å². The zero-order chi connectivity index (χ0) is 21.1. The van der Waals surface area contributed by atoms with Crippen molar-refractivity contribution in [1.29, 1.82) is 0 Å². The van der Waals surface area contributed by atoms with Crippen molar-refractivity contribution in [3.05, 3.63) is 66.7 Å². The largest absolute Gasteiger partial charge is 0.332 e. The molecule has 0 saturated carbocycles. The van der Waals surface area contributed by atoms with E-state index >= 15 is 0 Å². The molecule has 1 fully saturated rings. The van der Waals surface area contributed by atoms with Crippen molar-refractivity contribution >= 4 is 49.5 Å². The Morgan fingerprint density at radius 3 is 2.47 bits per heavy atom. The lowest BCUT2D eigenvalue weighted by Crippen LogP contribution is -2.41. The Bertz CT molecular complexity index is 1160. The maximum absolute atomic E-state index is 13.0. The van der Waals surface area contributed by atoms with Crippen LogP contribution < -0.4 is 10.6 Å². The molecule has 0 aromatic heterocycles. The van der Waals surface area contributed by atoms with Crippen LogP contribution in [0.3, 0.4) is 0 Å². The number of hydrogen-bond acceptors (Lipinski definition) is 3. The lowest BCUT2D eigenvalue weighted by Gasteiger charge is -2.32. The van der Waals surface area contributed by atoms with E-state index in [4.69, 9.17) is 12.2 Å². The predicted molar refractivity (Wildman–Crippen MR) is 127 cm³/mol. The van der Waals surface area contributed by atoms with Gasteiger partial charge in [-0.2, -0.15) is 4.31 Å². The first-order valence-electron chi connectivity index (χ1n) is 10.1. The van der Waals surface area contributed by atoms with Crippen LogP contribution in [0.25, 0.3) is 10.8 Å². The zero-order valence-electron chi connectivity index (χ0n) is 16.8. The van der Waals surface area contributed by atoms with Gasteiger partial charge >= 0.3 is 0 Å². The van der Waals surface area contributed by atoms with Crippen molar-refractivity contribution in [2.45, 2.75) is 37.1 Å². The molecule has 156 valence electrons. The van der Waals surface area contributed by atoms with Crippen LogP contribution in [0.5, 0.6) is 0 Å². The zero-order valence-corrected chi connectivity index (χ0v) is 18.5. The Morgan fingerprint density at radius 2 is 1.70 bits per heavy atom. The highest BCUT2D eigenvalue weighted by molar-refractivity contribution is 7.89. The summed E-state index contributed by atoms with van der Waals surface area (Å²) < 4.78 is 27.5. The number of anilines is 2. The van der Waals surface area contributed by atoms with Gasteiger partial charge < -0.3 is 10.6 Å². The molecule has 0 aliphatic carbocycles. The molecule has 1 saturated heterocycles. The second-order valence-corrected chi connectivity index (χ2v) is 9.89. The van der Waals surface area contributed by atoms with E-state index in [1.54, 1.807) is 28.6 Å². The van der Waals surface area contributed by atoms with Gasteiger partial charge in [0.05, 0.1) is 4.90 Å². The molecule has 0 radical (unpaired) electrons. The number of hydrogen-bond donors (Lipinski definition) is 2. The van der Waals surface area contributed by atoms with Gasteiger partial charge in [-0.1, -0.05) is 42.8 Å². The number of nitrogens with zero attached hydrogens (tertiary/aromatic N) is 1. The van der Waals surface area contributed by atoms with Crippen LogP contribution in [0.4, 0.5) is 11.4 Å². The summed E-state index contributed by atoms with van der Waals surface area (Å²) in [5.74, 6) is 0. The van der Waals surface area contributed by atoms with Gasteiger partial charge in [-0.3, -0.25) is 0 Å². The standard InChI is InChI=1S/C23H25N3O2S2/c1-17-7-4-5-16-26(17)30(27,28)20-14-12-19(13-15-20)24-23(29)25-22-11-6-9-18-8-2-3-10-21(18)22/h2-3,6,8-15,17H,4-5,7,16H2,1H3,(H2,24,25,29)/t17-/m1/s1. The summed E-state index contributed by atoms with van der Waals surface area (Å²) in [5.41, 5.74) is 1.65. The van der Waals surface area contributed by atoms with E-state index < -0.39 is 10.0 Å². The molecule has 3 aromatic rings. The molecular formula is C23H25N3O2S2. The van der Waals surface area contributed by atoms with E-state index in [-0.39, 0.29) is 6.04 Å². The summed E-state index contributed by atoms with van der Waals surface area (Å²) in [6.45, 7) is 2.56. The van der Waals surface area contributed by atoms with Gasteiger partial charge in [0.15, 0.2) is 5.11 Å². The molecule has 1 atom stereocenters. The van der Waals surface area contributed by atoms with E-state index in [0.29, 0.717) is 16.6 Å². The van der Waals surface area contributed by atoms with Crippen LogP contribution in [0.15, 0.2) is 71.6 Å². The SMILES string of the molecule is C[C@@H]1CCCCN1S(=O)(=O)c1ccc(NC(=S)Nc2cccc3ccccc23)cc1. The molecule has 3 aromatic carbocycles. The first-order chi connectivity index (χ1) is 14.4. The molecule has 30 heavy (non-hydrogen) atoms. The number of rotatable bonds is 4. The second kappa shape index (κ2) is 8.71. The fourth-order valence-corrected chi connectivity index (χ4v) is 5.82. The monoisotopic (exact) mass is 439 g/mol. The maximum atomic E-state index is 13.0. The smallest absolute Gasteiger partial charge is 0.243 e. The molecule has 1 aliphatic heterocycles. The summed E-state index contributed by atoms with van der Waals surface area (Å²) in [6.07, 6.45) is 2.90. The lowest BCUT2D eigenvalue weighted by molar-refractivity contribution is 0.268. The minimum absolute atomic E-state index is 0.0408. The van der Waals surface area contributed by atoms with Crippen molar-refractivity contribution in [3.63, 3.8) is 0 Å². The lowest BCUT2D eigenvalue weighted by atomic mass is 10.1. The van der Waals surface area contributed by atoms with Crippen LogP contribution in [-0.4, -0.2) is 30.4 Å². The minimum Gasteiger partial charge on any atom is -0.332 e. The molecule has 0 spiro atoms. The Kier molecular flexibility index (Phi) is 6.04. The van der Waals surface area contributed by atoms with Gasteiger partial charge in [-0.25, -0.2) is 8.42 Å². The van der Waals surface area contributed by atoms with Gasteiger partial charge in [0.2, 0.25) is 10.0 Å². The van der Waals surface area contributed by atoms with Crippen molar-refractivity contribution in [2.24, 2.45) is 0 Å².